The molecule has 0 aromatic heterocycles. The molecule has 0 bridgehead atoms. The van der Waals surface area contributed by atoms with E-state index in [0.717, 1.165) is 19.4 Å². The maximum atomic E-state index is 11.4. The van der Waals surface area contributed by atoms with E-state index in [1.807, 2.05) is 7.05 Å². The molecule has 0 aliphatic rings. The molecule has 0 amide bonds. The fourth-order valence-electron chi connectivity index (χ4n) is 1.31. The van der Waals surface area contributed by atoms with Gasteiger partial charge in [-0.15, -0.1) is 0 Å². The number of ether oxygens (including phenoxy) is 2. The molecule has 0 heterocycles. The molecule has 19 heavy (non-hydrogen) atoms. The molecular weight excluding hydrogens is 246 g/mol. The summed E-state index contributed by atoms with van der Waals surface area (Å²) in [6, 6.07) is 0. The maximum Gasteiger partial charge on any atom is 0.333 e. The molecule has 0 aromatic rings. The van der Waals surface area contributed by atoms with E-state index in [1.54, 1.807) is 6.92 Å². The summed E-state index contributed by atoms with van der Waals surface area (Å²) < 4.78 is 9.76. The molecule has 0 rings (SSSR count). The van der Waals surface area contributed by atoms with Gasteiger partial charge in [0.05, 0.1) is 6.42 Å². The van der Waals surface area contributed by atoms with Crippen LogP contribution in [0.4, 0.5) is 0 Å². The zero-order valence-electron chi connectivity index (χ0n) is 12.2. The van der Waals surface area contributed by atoms with E-state index in [9.17, 15) is 9.59 Å². The number of nitrogens with zero attached hydrogens (tertiary/aromatic N) is 1. The van der Waals surface area contributed by atoms with Crippen molar-refractivity contribution >= 4 is 11.9 Å². The highest BCUT2D eigenvalue weighted by molar-refractivity contribution is 5.86. The van der Waals surface area contributed by atoms with Crippen LogP contribution in [0, 0.1) is 0 Å². The topological polar surface area (TPSA) is 55.8 Å². The first-order valence-corrected chi connectivity index (χ1v) is 6.64. The summed E-state index contributed by atoms with van der Waals surface area (Å²) in [5.74, 6) is -0.731. The Morgan fingerprint density at radius 1 is 1.16 bits per heavy atom. The van der Waals surface area contributed by atoms with Gasteiger partial charge in [-0.25, -0.2) is 4.79 Å². The molecular formula is C14H25NO4. The van der Waals surface area contributed by atoms with Crippen LogP contribution in [0.2, 0.25) is 0 Å². The smallest absolute Gasteiger partial charge is 0.333 e. The standard InChI is InChI=1S/C14H25NO4/c1-5-6-8-15(4)9-7-13(16)18-10-11-19-14(17)12(2)3/h2,5-11H2,1,3-4H3. The zero-order chi connectivity index (χ0) is 14.7. The minimum Gasteiger partial charge on any atom is -0.462 e. The van der Waals surface area contributed by atoms with Gasteiger partial charge in [-0.1, -0.05) is 19.9 Å². The molecule has 0 fully saturated rings. The molecule has 0 spiro atoms. The van der Waals surface area contributed by atoms with E-state index in [2.05, 4.69) is 18.4 Å². The molecule has 0 radical (unpaired) electrons. The Hall–Kier alpha value is -1.36. The van der Waals surface area contributed by atoms with Gasteiger partial charge in [0.25, 0.3) is 0 Å². The number of carbonyl (C=O) groups excluding carboxylic acids is 2. The van der Waals surface area contributed by atoms with Crippen molar-refractivity contribution < 1.29 is 19.1 Å². The average Bonchev–Trinajstić information content (AvgIpc) is 2.38. The minimum absolute atomic E-state index is 0.0725. The van der Waals surface area contributed by atoms with Gasteiger partial charge in [-0.05, 0) is 26.9 Å². The molecule has 0 saturated heterocycles. The third-order valence-corrected chi connectivity index (χ3v) is 2.52. The SMILES string of the molecule is C=C(C)C(=O)OCCOC(=O)CCN(C)CCCC. The molecule has 0 aliphatic heterocycles. The minimum atomic E-state index is -0.463. The first-order chi connectivity index (χ1) is 8.97. The Balaban J connectivity index is 3.54. The third-order valence-electron chi connectivity index (χ3n) is 2.52. The van der Waals surface area contributed by atoms with E-state index in [-0.39, 0.29) is 19.2 Å². The molecule has 0 saturated carbocycles. The Labute approximate surface area is 115 Å². The predicted octanol–water partition coefficient (Wildman–Crippen LogP) is 1.77. The molecule has 0 atom stereocenters. The molecule has 110 valence electrons. The van der Waals surface area contributed by atoms with E-state index in [1.165, 1.54) is 0 Å². The highest BCUT2D eigenvalue weighted by Gasteiger charge is 2.07. The lowest BCUT2D eigenvalue weighted by Crippen LogP contribution is -2.24. The van der Waals surface area contributed by atoms with Gasteiger partial charge >= 0.3 is 11.9 Å². The van der Waals surface area contributed by atoms with Gasteiger partial charge in [0.1, 0.15) is 13.2 Å². The Bertz CT molecular complexity index is 302. The highest BCUT2D eigenvalue weighted by Crippen LogP contribution is 1.96. The second-order valence-corrected chi connectivity index (χ2v) is 4.54. The van der Waals surface area contributed by atoms with E-state index >= 15 is 0 Å². The quantitative estimate of drug-likeness (QED) is 0.344. The second kappa shape index (κ2) is 10.6. The molecule has 0 unspecified atom stereocenters. The van der Waals surface area contributed by atoms with E-state index in [0.29, 0.717) is 18.5 Å². The summed E-state index contributed by atoms with van der Waals surface area (Å²) in [5.41, 5.74) is 0.337. The fourth-order valence-corrected chi connectivity index (χ4v) is 1.31. The summed E-state index contributed by atoms with van der Waals surface area (Å²) in [4.78, 5) is 24.5. The maximum absolute atomic E-state index is 11.4. The lowest BCUT2D eigenvalue weighted by Gasteiger charge is -2.15. The third kappa shape index (κ3) is 10.3. The predicted molar refractivity (Wildman–Crippen MR) is 73.8 cm³/mol. The first-order valence-electron chi connectivity index (χ1n) is 6.64. The Morgan fingerprint density at radius 2 is 1.79 bits per heavy atom. The summed E-state index contributed by atoms with van der Waals surface area (Å²) in [5, 5.41) is 0. The van der Waals surface area contributed by atoms with E-state index in [4.69, 9.17) is 9.47 Å². The van der Waals surface area contributed by atoms with Crippen molar-refractivity contribution in [3.05, 3.63) is 12.2 Å². The van der Waals surface area contributed by atoms with Gasteiger partial charge < -0.3 is 14.4 Å². The highest BCUT2D eigenvalue weighted by atomic mass is 16.6. The number of unbranched alkanes of at least 4 members (excludes halogenated alkanes) is 1. The first kappa shape index (κ1) is 17.6. The van der Waals surface area contributed by atoms with Crippen molar-refractivity contribution in [2.75, 3.05) is 33.4 Å². The van der Waals surface area contributed by atoms with Crippen molar-refractivity contribution in [3.8, 4) is 0 Å². The van der Waals surface area contributed by atoms with Crippen LogP contribution in [-0.2, 0) is 19.1 Å². The number of esters is 2. The molecule has 5 nitrogen and oxygen atoms in total. The molecule has 5 heteroatoms. The molecule has 0 aliphatic carbocycles. The normalized spacial score (nSPS) is 10.3. The lowest BCUT2D eigenvalue weighted by atomic mass is 10.3. The van der Waals surface area contributed by atoms with Gasteiger partial charge in [-0.2, -0.15) is 0 Å². The summed E-state index contributed by atoms with van der Waals surface area (Å²) >= 11 is 0. The largest absolute Gasteiger partial charge is 0.462 e. The summed E-state index contributed by atoms with van der Waals surface area (Å²) in [7, 11) is 1.98. The molecule has 0 aromatic carbocycles. The monoisotopic (exact) mass is 271 g/mol. The van der Waals surface area contributed by atoms with Crippen LogP contribution in [0.5, 0.6) is 0 Å². The van der Waals surface area contributed by atoms with E-state index < -0.39 is 5.97 Å². The fraction of sp³-hybridized carbons (Fsp3) is 0.714. The van der Waals surface area contributed by atoms with Gasteiger partial charge in [-0.3, -0.25) is 4.79 Å². The Morgan fingerprint density at radius 3 is 2.37 bits per heavy atom. The van der Waals surface area contributed by atoms with Gasteiger partial charge in [0.2, 0.25) is 0 Å². The van der Waals surface area contributed by atoms with Crippen molar-refractivity contribution in [3.63, 3.8) is 0 Å². The number of rotatable bonds is 10. The lowest BCUT2D eigenvalue weighted by molar-refractivity contribution is -0.150. The van der Waals surface area contributed by atoms with Crippen LogP contribution >= 0.6 is 0 Å². The molecule has 0 N–H and O–H groups in total. The van der Waals surface area contributed by atoms with Gasteiger partial charge in [0.15, 0.2) is 0 Å². The number of hydrogen-bond acceptors (Lipinski definition) is 5. The van der Waals surface area contributed by atoms with Crippen LogP contribution in [0.25, 0.3) is 0 Å². The van der Waals surface area contributed by atoms with Crippen LogP contribution in [0.15, 0.2) is 12.2 Å². The number of hydrogen-bond donors (Lipinski definition) is 0. The van der Waals surface area contributed by atoms with Crippen LogP contribution in [0.3, 0.4) is 0 Å². The van der Waals surface area contributed by atoms with Crippen LogP contribution in [0.1, 0.15) is 33.1 Å². The van der Waals surface area contributed by atoms with Crippen LogP contribution in [-0.4, -0.2) is 50.2 Å². The Kier molecular flexibility index (Phi) is 9.80. The van der Waals surface area contributed by atoms with Crippen LogP contribution < -0.4 is 0 Å². The summed E-state index contributed by atoms with van der Waals surface area (Å²) in [6.45, 7) is 8.99. The zero-order valence-corrected chi connectivity index (χ0v) is 12.2. The van der Waals surface area contributed by atoms with Gasteiger partial charge in [0, 0.05) is 12.1 Å². The second-order valence-electron chi connectivity index (χ2n) is 4.54. The van der Waals surface area contributed by atoms with Crippen molar-refractivity contribution in [2.45, 2.75) is 33.1 Å². The summed E-state index contributed by atoms with van der Waals surface area (Å²) in [6.07, 6.45) is 2.62. The van der Waals surface area contributed by atoms with Crippen molar-refractivity contribution in [1.29, 1.82) is 0 Å². The average molecular weight is 271 g/mol. The van der Waals surface area contributed by atoms with Crippen molar-refractivity contribution in [2.24, 2.45) is 0 Å². The number of carbonyl (C=O) groups is 2. The van der Waals surface area contributed by atoms with Crippen molar-refractivity contribution in [1.82, 2.24) is 4.90 Å².